The number of amides is 1. The van der Waals surface area contributed by atoms with E-state index in [1.54, 1.807) is 22.7 Å². The van der Waals surface area contributed by atoms with E-state index in [1.165, 1.54) is 9.71 Å². The fourth-order valence-corrected chi connectivity index (χ4v) is 6.17. The number of thiophene rings is 1. The number of carbonyl (C=O) groups is 1. The van der Waals surface area contributed by atoms with Gasteiger partial charge in [0.2, 0.25) is 5.91 Å². The van der Waals surface area contributed by atoms with E-state index < -0.39 is 6.04 Å². The van der Waals surface area contributed by atoms with Crippen LogP contribution in [-0.2, 0) is 4.79 Å². The molecule has 1 aliphatic heterocycles. The van der Waals surface area contributed by atoms with Gasteiger partial charge < -0.3 is 4.90 Å². The van der Waals surface area contributed by atoms with Crippen molar-refractivity contribution in [2.75, 3.05) is 13.1 Å². The molecule has 154 valence electrons. The fourth-order valence-electron chi connectivity index (χ4n) is 4.03. The number of fused-ring (bicyclic) bond motifs is 1. The number of hydrogen-bond donors (Lipinski definition) is 1. The summed E-state index contributed by atoms with van der Waals surface area (Å²) < 4.78 is 3.54. The van der Waals surface area contributed by atoms with Crippen LogP contribution in [0.25, 0.3) is 20.9 Å². The number of hydrogen-bond acceptors (Lipinski definition) is 6. The van der Waals surface area contributed by atoms with E-state index in [-0.39, 0.29) is 5.91 Å². The summed E-state index contributed by atoms with van der Waals surface area (Å²) in [7, 11) is 0. The first kappa shape index (κ1) is 19.6. The number of nitrogens with zero attached hydrogens (tertiary/aromatic N) is 4. The smallest absolute Gasteiger partial charge is 0.245 e. The molecule has 0 bridgehead atoms. The zero-order valence-corrected chi connectivity index (χ0v) is 18.9. The molecule has 1 fully saturated rings. The second kappa shape index (κ2) is 8.05. The zero-order valence-electron chi connectivity index (χ0n) is 16.4. The maximum Gasteiger partial charge on any atom is 0.245 e. The lowest BCUT2D eigenvalue weighted by Crippen LogP contribution is -2.41. The van der Waals surface area contributed by atoms with Crippen molar-refractivity contribution in [3.8, 4) is 10.7 Å². The van der Waals surface area contributed by atoms with Gasteiger partial charge in [-0.1, -0.05) is 18.2 Å². The standard InChI is InChI=1S/C21H21N5OS3/c1-13(26-18(23-24-21(26)28)17-7-4-12-29-17)20(27)25-10-8-14(9-11-25)19-22-15-5-2-3-6-16(15)30-19/h2-7,12-14H,8-11H2,1H3,(H,24,28). The first-order chi connectivity index (χ1) is 14.6. The Bertz CT molecular complexity index is 1200. The number of piperidine rings is 1. The van der Waals surface area contributed by atoms with Gasteiger partial charge in [0.15, 0.2) is 10.6 Å². The largest absolute Gasteiger partial charge is 0.341 e. The monoisotopic (exact) mass is 455 g/mol. The van der Waals surface area contributed by atoms with E-state index in [2.05, 4.69) is 28.4 Å². The molecule has 1 saturated heterocycles. The van der Waals surface area contributed by atoms with Gasteiger partial charge in [0.25, 0.3) is 0 Å². The predicted octanol–water partition coefficient (Wildman–Crippen LogP) is 5.25. The van der Waals surface area contributed by atoms with Gasteiger partial charge in [-0.05, 0) is 55.6 Å². The number of H-pyrrole nitrogens is 1. The van der Waals surface area contributed by atoms with E-state index in [1.807, 2.05) is 40.0 Å². The van der Waals surface area contributed by atoms with E-state index >= 15 is 0 Å². The molecule has 0 aliphatic carbocycles. The third-order valence-electron chi connectivity index (χ3n) is 5.66. The Kier molecular flexibility index (Phi) is 5.26. The Hall–Kier alpha value is -2.36. The van der Waals surface area contributed by atoms with E-state index in [9.17, 15) is 4.79 Å². The van der Waals surface area contributed by atoms with Crippen molar-refractivity contribution in [3.05, 3.63) is 51.6 Å². The molecule has 4 aromatic rings. The van der Waals surface area contributed by atoms with Crippen LogP contribution in [0, 0.1) is 4.77 Å². The van der Waals surface area contributed by atoms with Crippen molar-refractivity contribution in [1.29, 1.82) is 0 Å². The highest BCUT2D eigenvalue weighted by Gasteiger charge is 2.30. The lowest BCUT2D eigenvalue weighted by Gasteiger charge is -2.33. The van der Waals surface area contributed by atoms with Gasteiger partial charge in [-0.3, -0.25) is 14.5 Å². The Balaban J connectivity index is 1.30. The molecule has 1 unspecified atom stereocenters. The third kappa shape index (κ3) is 3.51. The van der Waals surface area contributed by atoms with Gasteiger partial charge >= 0.3 is 0 Å². The van der Waals surface area contributed by atoms with Crippen LogP contribution < -0.4 is 0 Å². The molecule has 1 atom stereocenters. The Morgan fingerprint density at radius 3 is 2.77 bits per heavy atom. The number of aromatic amines is 1. The number of aromatic nitrogens is 4. The molecule has 5 rings (SSSR count). The number of carbonyl (C=O) groups excluding carboxylic acids is 1. The van der Waals surface area contributed by atoms with Crippen LogP contribution in [0.1, 0.15) is 36.7 Å². The summed E-state index contributed by atoms with van der Waals surface area (Å²) in [6, 6.07) is 11.8. The molecular formula is C21H21N5OS3. The molecule has 0 spiro atoms. The number of benzene rings is 1. The van der Waals surface area contributed by atoms with Crippen LogP contribution in [-0.4, -0.2) is 43.6 Å². The van der Waals surface area contributed by atoms with E-state index in [0.717, 1.165) is 42.1 Å². The third-order valence-corrected chi connectivity index (χ3v) is 8.01. The van der Waals surface area contributed by atoms with E-state index in [0.29, 0.717) is 10.7 Å². The summed E-state index contributed by atoms with van der Waals surface area (Å²) >= 11 is 8.79. The van der Waals surface area contributed by atoms with Crippen LogP contribution >= 0.6 is 34.9 Å². The number of thiazole rings is 1. The van der Waals surface area contributed by atoms with Gasteiger partial charge in [0.1, 0.15) is 6.04 Å². The molecule has 1 aliphatic rings. The van der Waals surface area contributed by atoms with Crippen molar-refractivity contribution < 1.29 is 4.79 Å². The maximum atomic E-state index is 13.3. The van der Waals surface area contributed by atoms with Crippen LogP contribution in [0.2, 0.25) is 0 Å². The highest BCUT2D eigenvalue weighted by Crippen LogP contribution is 2.34. The minimum atomic E-state index is -0.396. The molecule has 6 nitrogen and oxygen atoms in total. The van der Waals surface area contributed by atoms with Crippen LogP contribution in [0.15, 0.2) is 41.8 Å². The molecule has 0 radical (unpaired) electrons. The average Bonchev–Trinajstić information content (AvgIpc) is 3.52. The molecule has 1 amide bonds. The summed E-state index contributed by atoms with van der Waals surface area (Å²) in [5, 5.41) is 10.4. The first-order valence-electron chi connectivity index (χ1n) is 9.97. The van der Waals surface area contributed by atoms with Gasteiger partial charge in [-0.15, -0.1) is 22.7 Å². The van der Waals surface area contributed by atoms with Crippen molar-refractivity contribution in [2.24, 2.45) is 0 Å². The summed E-state index contributed by atoms with van der Waals surface area (Å²) in [6.45, 7) is 3.39. The summed E-state index contributed by atoms with van der Waals surface area (Å²) in [6.07, 6.45) is 1.87. The number of rotatable bonds is 4. The van der Waals surface area contributed by atoms with Gasteiger partial charge in [-0.2, -0.15) is 5.10 Å². The van der Waals surface area contributed by atoms with Crippen molar-refractivity contribution in [1.82, 2.24) is 24.6 Å². The highest BCUT2D eigenvalue weighted by molar-refractivity contribution is 7.71. The molecule has 30 heavy (non-hydrogen) atoms. The van der Waals surface area contributed by atoms with Crippen molar-refractivity contribution in [3.63, 3.8) is 0 Å². The van der Waals surface area contributed by atoms with Crippen LogP contribution in [0.4, 0.5) is 0 Å². The molecule has 1 aromatic carbocycles. The molecule has 3 aromatic heterocycles. The minimum absolute atomic E-state index is 0.0908. The lowest BCUT2D eigenvalue weighted by molar-refractivity contribution is -0.135. The molecule has 1 N–H and O–H groups in total. The summed E-state index contributed by atoms with van der Waals surface area (Å²) in [4.78, 5) is 21.0. The number of nitrogens with one attached hydrogen (secondary N) is 1. The maximum absolute atomic E-state index is 13.3. The summed E-state index contributed by atoms with van der Waals surface area (Å²) in [5.74, 6) is 1.23. The molecule has 0 saturated carbocycles. The normalized spacial score (nSPS) is 16.2. The number of likely N-dealkylation sites (tertiary alicyclic amines) is 1. The average molecular weight is 456 g/mol. The Morgan fingerprint density at radius 2 is 2.03 bits per heavy atom. The van der Waals surface area contributed by atoms with Crippen molar-refractivity contribution in [2.45, 2.75) is 31.7 Å². The topological polar surface area (TPSA) is 66.8 Å². The zero-order chi connectivity index (χ0) is 20.7. The SMILES string of the molecule is CC(C(=O)N1CCC(c2nc3ccccc3s2)CC1)n1c(-c2cccs2)n[nH]c1=S. The Labute approximate surface area is 187 Å². The molecular weight excluding hydrogens is 434 g/mol. The van der Waals surface area contributed by atoms with Gasteiger partial charge in [-0.25, -0.2) is 4.98 Å². The minimum Gasteiger partial charge on any atom is -0.341 e. The number of para-hydroxylation sites is 1. The van der Waals surface area contributed by atoms with Crippen LogP contribution in [0.3, 0.4) is 0 Å². The summed E-state index contributed by atoms with van der Waals surface area (Å²) in [5.41, 5.74) is 1.07. The predicted molar refractivity (Wildman–Crippen MR) is 124 cm³/mol. The second-order valence-corrected chi connectivity index (χ2v) is 9.89. The first-order valence-corrected chi connectivity index (χ1v) is 12.1. The van der Waals surface area contributed by atoms with Crippen molar-refractivity contribution >= 4 is 51.0 Å². The molecule has 9 heteroatoms. The second-order valence-electron chi connectivity index (χ2n) is 7.50. The fraction of sp³-hybridized carbons (Fsp3) is 0.333. The molecule has 4 heterocycles. The Morgan fingerprint density at radius 1 is 1.23 bits per heavy atom. The highest BCUT2D eigenvalue weighted by atomic mass is 32.1. The van der Waals surface area contributed by atoms with Crippen LogP contribution in [0.5, 0.6) is 0 Å². The van der Waals surface area contributed by atoms with E-state index in [4.69, 9.17) is 17.2 Å². The quantitative estimate of drug-likeness (QED) is 0.427. The lowest BCUT2D eigenvalue weighted by atomic mass is 9.97. The van der Waals surface area contributed by atoms with Gasteiger partial charge in [0, 0.05) is 19.0 Å². The van der Waals surface area contributed by atoms with Gasteiger partial charge in [0.05, 0.1) is 20.1 Å².